The zero-order valence-electron chi connectivity index (χ0n) is 12.3. The van der Waals surface area contributed by atoms with Crippen molar-refractivity contribution >= 4 is 27.0 Å². The fourth-order valence-electron chi connectivity index (χ4n) is 2.07. The van der Waals surface area contributed by atoms with Gasteiger partial charge in [-0.3, -0.25) is 0 Å². The van der Waals surface area contributed by atoms with Gasteiger partial charge in [0.15, 0.2) is 0 Å². The van der Waals surface area contributed by atoms with Crippen molar-refractivity contribution in [3.05, 3.63) is 18.2 Å². The third kappa shape index (κ3) is 3.85. The molecule has 3 N–H and O–H groups in total. The van der Waals surface area contributed by atoms with Crippen LogP contribution in [0.5, 0.6) is 5.75 Å². The van der Waals surface area contributed by atoms with Gasteiger partial charge in [-0.05, 0) is 26.0 Å². The number of sulfonamides is 1. The number of nitrogens with two attached hydrogens (primary N) is 1. The molecule has 0 spiro atoms. The van der Waals surface area contributed by atoms with Crippen LogP contribution in [-0.2, 0) is 16.6 Å². The van der Waals surface area contributed by atoms with Crippen molar-refractivity contribution in [3.63, 3.8) is 0 Å². The molecule has 0 radical (unpaired) electrons. The van der Waals surface area contributed by atoms with Gasteiger partial charge in [-0.15, -0.1) is 0 Å². The molecule has 2 aromatic rings. The number of hydrogen-bond acceptors (Lipinski definition) is 5. The molecule has 0 atom stereocenters. The van der Waals surface area contributed by atoms with Gasteiger partial charge < -0.3 is 15.0 Å². The molecule has 0 aliphatic rings. The minimum Gasteiger partial charge on any atom is -0.489 e. The van der Waals surface area contributed by atoms with Gasteiger partial charge in [0.05, 0.1) is 17.9 Å². The zero-order valence-corrected chi connectivity index (χ0v) is 13.1. The van der Waals surface area contributed by atoms with Crippen molar-refractivity contribution in [2.24, 2.45) is 0 Å². The molecular formula is C13H20N4O3S. The number of fused-ring (bicyclic) bond motifs is 1. The Labute approximate surface area is 124 Å². The molecule has 0 saturated heterocycles. The predicted octanol–water partition coefficient (Wildman–Crippen LogP) is 0.955. The Morgan fingerprint density at radius 1 is 1.43 bits per heavy atom. The summed E-state index contributed by atoms with van der Waals surface area (Å²) in [6.07, 6.45) is 1.16. The number of anilines is 1. The van der Waals surface area contributed by atoms with Gasteiger partial charge in [-0.25, -0.2) is 18.1 Å². The highest BCUT2D eigenvalue weighted by atomic mass is 32.2. The minimum atomic E-state index is -3.22. The fourth-order valence-corrected chi connectivity index (χ4v) is 2.53. The summed E-state index contributed by atoms with van der Waals surface area (Å²) in [5.74, 6) is 1.00. The Balaban J connectivity index is 2.30. The number of imidazole rings is 1. The monoisotopic (exact) mass is 312 g/mol. The number of rotatable bonds is 6. The minimum absolute atomic E-state index is 0.0360. The molecule has 0 aliphatic heterocycles. The van der Waals surface area contributed by atoms with Gasteiger partial charge in [-0.2, -0.15) is 0 Å². The lowest BCUT2D eigenvalue weighted by molar-refractivity contribution is 0.245. The predicted molar refractivity (Wildman–Crippen MR) is 82.8 cm³/mol. The molecule has 1 aromatic carbocycles. The lowest BCUT2D eigenvalue weighted by Crippen LogP contribution is -2.26. The highest BCUT2D eigenvalue weighted by Gasteiger charge is 2.13. The maximum atomic E-state index is 11.1. The summed E-state index contributed by atoms with van der Waals surface area (Å²) >= 11 is 0. The van der Waals surface area contributed by atoms with Crippen molar-refractivity contribution in [3.8, 4) is 5.75 Å². The van der Waals surface area contributed by atoms with Crippen LogP contribution in [-0.4, -0.2) is 36.9 Å². The van der Waals surface area contributed by atoms with Crippen LogP contribution in [0.15, 0.2) is 18.2 Å². The fraction of sp³-hybridized carbons (Fsp3) is 0.462. The van der Waals surface area contributed by atoms with Crippen LogP contribution < -0.4 is 15.2 Å². The molecule has 2 rings (SSSR count). The van der Waals surface area contributed by atoms with Gasteiger partial charge in [-0.1, -0.05) is 6.07 Å². The molecule has 0 fully saturated rings. The molecule has 8 heteroatoms. The Morgan fingerprint density at radius 2 is 2.14 bits per heavy atom. The van der Waals surface area contributed by atoms with E-state index in [1.807, 2.05) is 32.0 Å². The second-order valence-electron chi connectivity index (χ2n) is 5.08. The third-order valence-electron chi connectivity index (χ3n) is 2.83. The van der Waals surface area contributed by atoms with Crippen molar-refractivity contribution in [2.45, 2.75) is 26.5 Å². The van der Waals surface area contributed by atoms with Gasteiger partial charge >= 0.3 is 0 Å². The molecule has 116 valence electrons. The van der Waals surface area contributed by atoms with E-state index in [1.54, 1.807) is 4.57 Å². The van der Waals surface area contributed by atoms with Crippen molar-refractivity contribution in [2.75, 3.05) is 18.5 Å². The number of nitrogen functional groups attached to an aromatic ring is 1. The molecule has 0 aliphatic carbocycles. The molecule has 0 bridgehead atoms. The summed E-state index contributed by atoms with van der Waals surface area (Å²) in [4.78, 5) is 4.32. The summed E-state index contributed by atoms with van der Waals surface area (Å²) in [5, 5.41) is 0. The van der Waals surface area contributed by atoms with Crippen molar-refractivity contribution in [1.82, 2.24) is 14.3 Å². The molecule has 0 saturated carbocycles. The average molecular weight is 312 g/mol. The van der Waals surface area contributed by atoms with Gasteiger partial charge in [0.1, 0.15) is 11.3 Å². The number of hydrogen-bond donors (Lipinski definition) is 2. The molecule has 1 heterocycles. The zero-order chi connectivity index (χ0) is 15.6. The third-order valence-corrected chi connectivity index (χ3v) is 3.56. The normalized spacial score (nSPS) is 12.2. The SMILES string of the molecule is CC(C)Oc1cccc2c1nc(N)n2CCNS(C)(=O)=O. The second kappa shape index (κ2) is 5.90. The Hall–Kier alpha value is -1.80. The van der Waals surface area contributed by atoms with Crippen LogP contribution >= 0.6 is 0 Å². The first kappa shape index (κ1) is 15.6. The van der Waals surface area contributed by atoms with E-state index in [1.165, 1.54) is 0 Å². The van der Waals surface area contributed by atoms with Crippen LogP contribution in [0.1, 0.15) is 13.8 Å². The number of aromatic nitrogens is 2. The average Bonchev–Trinajstić information content (AvgIpc) is 2.65. The van der Waals surface area contributed by atoms with E-state index in [0.29, 0.717) is 23.8 Å². The van der Waals surface area contributed by atoms with Crippen LogP contribution in [0.4, 0.5) is 5.95 Å². The number of ether oxygens (including phenoxy) is 1. The Morgan fingerprint density at radius 3 is 2.76 bits per heavy atom. The molecule has 0 unspecified atom stereocenters. The lowest BCUT2D eigenvalue weighted by atomic mass is 10.3. The largest absolute Gasteiger partial charge is 0.489 e. The highest BCUT2D eigenvalue weighted by molar-refractivity contribution is 7.88. The van der Waals surface area contributed by atoms with Crippen LogP contribution in [0.2, 0.25) is 0 Å². The first-order valence-corrected chi connectivity index (χ1v) is 8.53. The van der Waals surface area contributed by atoms with Gasteiger partial charge in [0, 0.05) is 13.1 Å². The molecule has 7 nitrogen and oxygen atoms in total. The van der Waals surface area contributed by atoms with E-state index in [2.05, 4.69) is 9.71 Å². The second-order valence-corrected chi connectivity index (χ2v) is 6.91. The van der Waals surface area contributed by atoms with Gasteiger partial charge in [0.2, 0.25) is 16.0 Å². The van der Waals surface area contributed by atoms with E-state index in [4.69, 9.17) is 10.5 Å². The van der Waals surface area contributed by atoms with Crippen LogP contribution in [0, 0.1) is 0 Å². The molecule has 21 heavy (non-hydrogen) atoms. The Bertz CT molecular complexity index is 737. The standard InChI is InChI=1S/C13H20N4O3S/c1-9(2)20-11-6-4-5-10-12(11)16-13(14)17(10)8-7-15-21(3,18)19/h4-6,9,15H,7-8H2,1-3H3,(H2,14,16). The molecular weight excluding hydrogens is 292 g/mol. The van der Waals surface area contributed by atoms with Gasteiger partial charge in [0.25, 0.3) is 0 Å². The lowest BCUT2D eigenvalue weighted by Gasteiger charge is -2.10. The van der Waals surface area contributed by atoms with Crippen LogP contribution in [0.3, 0.4) is 0 Å². The van der Waals surface area contributed by atoms with Crippen molar-refractivity contribution in [1.29, 1.82) is 0 Å². The summed E-state index contributed by atoms with van der Waals surface area (Å²) < 4.78 is 32.1. The number of nitrogens with one attached hydrogen (secondary N) is 1. The molecule has 0 amide bonds. The molecule has 1 aromatic heterocycles. The van der Waals surface area contributed by atoms with E-state index >= 15 is 0 Å². The summed E-state index contributed by atoms with van der Waals surface area (Å²) in [6, 6.07) is 5.59. The summed E-state index contributed by atoms with van der Waals surface area (Å²) in [5.41, 5.74) is 7.43. The Kier molecular flexibility index (Phi) is 4.38. The maximum Gasteiger partial charge on any atom is 0.208 e. The summed E-state index contributed by atoms with van der Waals surface area (Å²) in [7, 11) is -3.22. The summed E-state index contributed by atoms with van der Waals surface area (Å²) in [6.45, 7) is 4.54. The first-order chi connectivity index (χ1) is 9.78. The number of nitrogens with zero attached hydrogens (tertiary/aromatic N) is 2. The van der Waals surface area contributed by atoms with E-state index in [9.17, 15) is 8.42 Å². The number of para-hydroxylation sites is 1. The van der Waals surface area contributed by atoms with E-state index in [-0.39, 0.29) is 12.6 Å². The first-order valence-electron chi connectivity index (χ1n) is 6.64. The quantitative estimate of drug-likeness (QED) is 0.827. The topological polar surface area (TPSA) is 99.2 Å². The maximum absolute atomic E-state index is 11.1. The van der Waals surface area contributed by atoms with E-state index in [0.717, 1.165) is 11.8 Å². The highest BCUT2D eigenvalue weighted by Crippen LogP contribution is 2.27. The number of benzene rings is 1. The van der Waals surface area contributed by atoms with Crippen molar-refractivity contribution < 1.29 is 13.2 Å². The van der Waals surface area contributed by atoms with Crippen LogP contribution in [0.25, 0.3) is 11.0 Å². The van der Waals surface area contributed by atoms with E-state index < -0.39 is 10.0 Å². The smallest absolute Gasteiger partial charge is 0.208 e.